The topological polar surface area (TPSA) is 83.4 Å². The fourth-order valence-corrected chi connectivity index (χ4v) is 5.23. The molecule has 8 nitrogen and oxygen atoms in total. The van der Waals surface area contributed by atoms with Crippen LogP contribution in [0.25, 0.3) is 0 Å². The zero-order chi connectivity index (χ0) is 24.9. The summed E-state index contributed by atoms with van der Waals surface area (Å²) >= 11 is 13.4. The first-order valence-corrected chi connectivity index (χ1v) is 12.9. The molecule has 0 saturated carbocycles. The van der Waals surface area contributed by atoms with Gasteiger partial charge >= 0.3 is 0 Å². The molecule has 3 aromatic rings. The lowest BCUT2D eigenvalue weighted by Crippen LogP contribution is -2.49. The van der Waals surface area contributed by atoms with Gasteiger partial charge in [-0.25, -0.2) is 0 Å². The van der Waals surface area contributed by atoms with Gasteiger partial charge in [0.15, 0.2) is 11.0 Å². The summed E-state index contributed by atoms with van der Waals surface area (Å²) in [4.78, 5) is 29.6. The van der Waals surface area contributed by atoms with Gasteiger partial charge in [-0.1, -0.05) is 53.2 Å². The third-order valence-corrected chi connectivity index (χ3v) is 7.41. The molecule has 2 aromatic carbocycles. The molecule has 0 aliphatic carbocycles. The van der Waals surface area contributed by atoms with E-state index in [0.717, 1.165) is 13.1 Å². The van der Waals surface area contributed by atoms with E-state index in [9.17, 15) is 9.59 Å². The standard InChI is InChI=1S/C24H26Cl2N6O2S/c1-16(27-23(34)19-9-8-17(25)14-20(19)26)22-28-29-24(30(22)2)35-15-21(33)32-12-10-31(11-13-32)18-6-4-3-5-7-18/h3-9,14,16H,10-13,15H2,1-2H3,(H,27,34)/t16-/m1/s1. The number of hydrogen-bond donors (Lipinski definition) is 1. The Bertz CT molecular complexity index is 1200. The van der Waals surface area contributed by atoms with Gasteiger partial charge < -0.3 is 19.7 Å². The van der Waals surface area contributed by atoms with Crippen LogP contribution in [0.15, 0.2) is 53.7 Å². The Balaban J connectivity index is 1.29. The number of anilines is 1. The number of rotatable bonds is 7. The van der Waals surface area contributed by atoms with Crippen LogP contribution in [-0.2, 0) is 11.8 Å². The second-order valence-corrected chi connectivity index (χ2v) is 10.00. The third kappa shape index (κ3) is 6.09. The molecule has 2 heterocycles. The summed E-state index contributed by atoms with van der Waals surface area (Å²) < 4.78 is 1.79. The largest absolute Gasteiger partial charge is 0.368 e. The molecule has 4 rings (SSSR count). The lowest BCUT2D eigenvalue weighted by atomic mass is 10.2. The van der Waals surface area contributed by atoms with E-state index in [2.05, 4.69) is 32.5 Å². The predicted molar refractivity (Wildman–Crippen MR) is 139 cm³/mol. The van der Waals surface area contributed by atoms with Crippen LogP contribution in [0.4, 0.5) is 5.69 Å². The van der Waals surface area contributed by atoms with Crippen molar-refractivity contribution in [3.63, 3.8) is 0 Å². The molecule has 1 aliphatic rings. The van der Waals surface area contributed by atoms with Gasteiger partial charge in [0.1, 0.15) is 0 Å². The lowest BCUT2D eigenvalue weighted by Gasteiger charge is -2.36. The van der Waals surface area contributed by atoms with Crippen LogP contribution >= 0.6 is 35.0 Å². The Morgan fingerprint density at radius 3 is 2.46 bits per heavy atom. The van der Waals surface area contributed by atoms with Crippen molar-refractivity contribution in [2.24, 2.45) is 7.05 Å². The van der Waals surface area contributed by atoms with E-state index in [1.54, 1.807) is 16.7 Å². The smallest absolute Gasteiger partial charge is 0.253 e. The highest BCUT2D eigenvalue weighted by atomic mass is 35.5. The first kappa shape index (κ1) is 25.3. The molecular formula is C24H26Cl2N6O2S. The van der Waals surface area contributed by atoms with E-state index in [-0.39, 0.29) is 22.6 Å². The molecule has 0 unspecified atom stereocenters. The van der Waals surface area contributed by atoms with Crippen LogP contribution in [0.5, 0.6) is 0 Å². The highest BCUT2D eigenvalue weighted by Gasteiger charge is 2.23. The van der Waals surface area contributed by atoms with E-state index in [4.69, 9.17) is 23.2 Å². The number of para-hydroxylation sites is 1. The van der Waals surface area contributed by atoms with E-state index >= 15 is 0 Å². The average molecular weight is 533 g/mol. The molecular weight excluding hydrogens is 507 g/mol. The molecule has 1 aliphatic heterocycles. The van der Waals surface area contributed by atoms with Gasteiger partial charge in [0.2, 0.25) is 5.91 Å². The van der Waals surface area contributed by atoms with Gasteiger partial charge in [0.25, 0.3) is 5.91 Å². The Morgan fingerprint density at radius 2 is 1.77 bits per heavy atom. The highest BCUT2D eigenvalue weighted by Crippen LogP contribution is 2.23. The number of benzene rings is 2. The summed E-state index contributed by atoms with van der Waals surface area (Å²) in [5.41, 5.74) is 1.51. The number of piperazine rings is 1. The van der Waals surface area contributed by atoms with Crippen LogP contribution in [0.2, 0.25) is 10.0 Å². The second-order valence-electron chi connectivity index (χ2n) is 8.21. The normalized spacial score (nSPS) is 14.6. The van der Waals surface area contributed by atoms with Gasteiger partial charge in [-0.15, -0.1) is 10.2 Å². The Labute approximate surface area is 218 Å². The van der Waals surface area contributed by atoms with E-state index in [1.807, 2.05) is 37.1 Å². The van der Waals surface area contributed by atoms with Crippen molar-refractivity contribution in [1.82, 2.24) is 25.0 Å². The van der Waals surface area contributed by atoms with Gasteiger partial charge in [-0.05, 0) is 37.3 Å². The molecule has 2 amide bonds. The summed E-state index contributed by atoms with van der Waals surface area (Å²) in [5, 5.41) is 12.7. The summed E-state index contributed by atoms with van der Waals surface area (Å²) in [5.74, 6) is 0.598. The molecule has 1 atom stereocenters. The maximum absolute atomic E-state index is 12.8. The summed E-state index contributed by atoms with van der Waals surface area (Å²) in [6.45, 7) is 4.81. The maximum Gasteiger partial charge on any atom is 0.253 e. The quantitative estimate of drug-likeness (QED) is 0.462. The number of carbonyl (C=O) groups is 2. The van der Waals surface area contributed by atoms with E-state index in [0.29, 0.717) is 34.7 Å². The fraction of sp³-hybridized carbons (Fsp3) is 0.333. The van der Waals surface area contributed by atoms with Crippen molar-refractivity contribution in [2.45, 2.75) is 18.1 Å². The van der Waals surface area contributed by atoms with Gasteiger partial charge in [0.05, 0.1) is 22.4 Å². The molecule has 1 saturated heterocycles. The number of hydrogen-bond acceptors (Lipinski definition) is 6. The zero-order valence-electron chi connectivity index (χ0n) is 19.4. The van der Waals surface area contributed by atoms with E-state index in [1.165, 1.54) is 23.5 Å². The van der Waals surface area contributed by atoms with Crippen LogP contribution < -0.4 is 10.2 Å². The summed E-state index contributed by atoms with van der Waals surface area (Å²) in [6.07, 6.45) is 0. The maximum atomic E-state index is 12.8. The van der Waals surface area contributed by atoms with Crippen molar-refractivity contribution in [3.8, 4) is 0 Å². The Morgan fingerprint density at radius 1 is 1.06 bits per heavy atom. The minimum Gasteiger partial charge on any atom is -0.368 e. The van der Waals surface area contributed by atoms with E-state index < -0.39 is 6.04 Å². The van der Waals surface area contributed by atoms with Crippen molar-refractivity contribution in [3.05, 3.63) is 70.0 Å². The molecule has 1 fully saturated rings. The molecule has 0 bridgehead atoms. The number of nitrogens with zero attached hydrogens (tertiary/aromatic N) is 5. The van der Waals surface area contributed by atoms with Crippen LogP contribution in [0, 0.1) is 0 Å². The Kier molecular flexibility index (Phi) is 8.20. The number of nitrogens with one attached hydrogen (secondary N) is 1. The van der Waals surface area contributed by atoms with Crippen molar-refractivity contribution < 1.29 is 9.59 Å². The minimum atomic E-state index is -0.414. The second kappa shape index (κ2) is 11.3. The molecule has 0 radical (unpaired) electrons. The lowest BCUT2D eigenvalue weighted by molar-refractivity contribution is -0.128. The van der Waals surface area contributed by atoms with Gasteiger partial charge in [-0.3, -0.25) is 9.59 Å². The summed E-state index contributed by atoms with van der Waals surface area (Å²) in [7, 11) is 1.82. The van der Waals surface area contributed by atoms with Gasteiger partial charge in [-0.2, -0.15) is 0 Å². The molecule has 1 aromatic heterocycles. The van der Waals surface area contributed by atoms with Crippen molar-refractivity contribution in [2.75, 3.05) is 36.8 Å². The summed E-state index contributed by atoms with van der Waals surface area (Å²) in [6, 6.07) is 14.5. The van der Waals surface area contributed by atoms with Crippen LogP contribution in [0.1, 0.15) is 29.1 Å². The van der Waals surface area contributed by atoms with Gasteiger partial charge in [0, 0.05) is 43.9 Å². The van der Waals surface area contributed by atoms with Crippen molar-refractivity contribution >= 4 is 52.5 Å². The monoisotopic (exact) mass is 532 g/mol. The number of aromatic nitrogens is 3. The Hall–Kier alpha value is -2.75. The SMILES string of the molecule is C[C@@H](NC(=O)c1ccc(Cl)cc1Cl)c1nnc(SCC(=O)N2CCN(c3ccccc3)CC2)n1C. The number of carbonyl (C=O) groups excluding carboxylic acids is 2. The van der Waals surface area contributed by atoms with Crippen LogP contribution in [-0.4, -0.2) is 63.4 Å². The molecule has 0 spiro atoms. The molecule has 11 heteroatoms. The van der Waals surface area contributed by atoms with Crippen LogP contribution in [0.3, 0.4) is 0 Å². The first-order chi connectivity index (χ1) is 16.8. The fourth-order valence-electron chi connectivity index (χ4n) is 3.91. The number of halogens is 2. The van der Waals surface area contributed by atoms with Crippen molar-refractivity contribution in [1.29, 1.82) is 0 Å². The number of thioether (sulfide) groups is 1. The minimum absolute atomic E-state index is 0.0750. The third-order valence-electron chi connectivity index (χ3n) is 5.86. The first-order valence-electron chi connectivity index (χ1n) is 11.2. The number of amides is 2. The molecule has 184 valence electrons. The average Bonchev–Trinajstić information content (AvgIpc) is 3.23. The molecule has 35 heavy (non-hydrogen) atoms. The predicted octanol–water partition coefficient (Wildman–Crippen LogP) is 4.05. The zero-order valence-corrected chi connectivity index (χ0v) is 21.8. The molecule has 1 N–H and O–H groups in total. The highest BCUT2D eigenvalue weighted by molar-refractivity contribution is 7.99.